The lowest BCUT2D eigenvalue weighted by Crippen LogP contribution is -2.47. The third-order valence-electron chi connectivity index (χ3n) is 4.20. The summed E-state index contributed by atoms with van der Waals surface area (Å²) in [7, 11) is 0. The minimum absolute atomic E-state index is 0.132. The lowest BCUT2D eigenvalue weighted by Gasteiger charge is -2.37. The van der Waals surface area contributed by atoms with Crippen LogP contribution in [0.4, 0.5) is 10.1 Å². The normalized spacial score (nSPS) is 22.6. The summed E-state index contributed by atoms with van der Waals surface area (Å²) >= 11 is 0. The minimum atomic E-state index is -0.201. The molecule has 3 rings (SSSR count). The summed E-state index contributed by atoms with van der Waals surface area (Å²) in [6, 6.07) is 5.69. The molecule has 3 nitrogen and oxygen atoms in total. The molecule has 2 N–H and O–H groups in total. The summed E-state index contributed by atoms with van der Waals surface area (Å²) in [6.07, 6.45) is 2.73. The topological polar surface area (TPSA) is 32.5 Å². The molecule has 104 valence electrons. The van der Waals surface area contributed by atoms with Crippen LogP contribution in [-0.2, 0) is 0 Å². The summed E-state index contributed by atoms with van der Waals surface area (Å²) in [5.41, 5.74) is 7.99. The Kier molecular flexibility index (Phi) is 3.46. The first kappa shape index (κ1) is 12.9. The van der Waals surface area contributed by atoms with Gasteiger partial charge in [0, 0.05) is 44.0 Å². The zero-order chi connectivity index (χ0) is 13.4. The van der Waals surface area contributed by atoms with Gasteiger partial charge in [-0.1, -0.05) is 0 Å². The van der Waals surface area contributed by atoms with Gasteiger partial charge in [0.05, 0.1) is 0 Å². The summed E-state index contributed by atoms with van der Waals surface area (Å²) < 4.78 is 13.4. The summed E-state index contributed by atoms with van der Waals surface area (Å²) in [4.78, 5) is 4.92. The lowest BCUT2D eigenvalue weighted by molar-refractivity contribution is 0.248. The van der Waals surface area contributed by atoms with Crippen LogP contribution >= 0.6 is 0 Å². The molecule has 2 aliphatic rings. The van der Waals surface area contributed by atoms with E-state index in [2.05, 4.69) is 9.80 Å². The lowest BCUT2D eigenvalue weighted by atomic mass is 10.0. The van der Waals surface area contributed by atoms with E-state index in [0.29, 0.717) is 0 Å². The van der Waals surface area contributed by atoms with Gasteiger partial charge in [-0.25, -0.2) is 4.39 Å². The van der Waals surface area contributed by atoms with E-state index in [1.165, 1.54) is 18.9 Å². The van der Waals surface area contributed by atoms with E-state index in [0.717, 1.165) is 43.5 Å². The fraction of sp³-hybridized carbons (Fsp3) is 0.600. The molecule has 1 aromatic carbocycles. The van der Waals surface area contributed by atoms with Crippen molar-refractivity contribution in [2.75, 3.05) is 31.1 Å². The second-order valence-electron chi connectivity index (χ2n) is 5.75. The molecular weight excluding hydrogens is 241 g/mol. The standard InChI is InChI=1S/C15H22FN3/c1-11(17)14-10-12(16)2-5-15(14)19-8-6-18(7-9-19)13-3-4-13/h2,5,10-11,13H,3-4,6-9,17H2,1H3/t11-/m1/s1. The van der Waals surface area contributed by atoms with E-state index in [4.69, 9.17) is 5.73 Å². The first-order valence-electron chi connectivity index (χ1n) is 7.19. The maximum absolute atomic E-state index is 13.4. The van der Waals surface area contributed by atoms with Crippen molar-refractivity contribution in [1.29, 1.82) is 0 Å². The quantitative estimate of drug-likeness (QED) is 0.906. The maximum atomic E-state index is 13.4. The monoisotopic (exact) mass is 263 g/mol. The Bertz CT molecular complexity index is 449. The Hall–Kier alpha value is -1.13. The van der Waals surface area contributed by atoms with E-state index in [1.807, 2.05) is 13.0 Å². The van der Waals surface area contributed by atoms with E-state index in [1.54, 1.807) is 6.07 Å². The maximum Gasteiger partial charge on any atom is 0.123 e. The predicted octanol–water partition coefficient (Wildman–Crippen LogP) is 2.13. The fourth-order valence-electron chi connectivity index (χ4n) is 2.95. The molecule has 0 spiro atoms. The molecule has 0 radical (unpaired) electrons. The molecule has 1 aliphatic carbocycles. The van der Waals surface area contributed by atoms with Gasteiger partial charge in [0.25, 0.3) is 0 Å². The first-order valence-corrected chi connectivity index (χ1v) is 7.19. The number of hydrogen-bond acceptors (Lipinski definition) is 3. The van der Waals surface area contributed by atoms with Crippen LogP contribution in [0.15, 0.2) is 18.2 Å². The van der Waals surface area contributed by atoms with Crippen LogP contribution in [0.1, 0.15) is 31.4 Å². The largest absolute Gasteiger partial charge is 0.369 e. The Balaban J connectivity index is 1.75. The minimum Gasteiger partial charge on any atom is -0.369 e. The van der Waals surface area contributed by atoms with Crippen molar-refractivity contribution in [1.82, 2.24) is 4.90 Å². The van der Waals surface area contributed by atoms with Crippen LogP contribution in [0.2, 0.25) is 0 Å². The van der Waals surface area contributed by atoms with E-state index in [9.17, 15) is 4.39 Å². The Morgan fingerprint density at radius 1 is 1.21 bits per heavy atom. The van der Waals surface area contributed by atoms with Gasteiger partial charge in [0.15, 0.2) is 0 Å². The zero-order valence-corrected chi connectivity index (χ0v) is 11.5. The number of halogens is 1. The van der Waals surface area contributed by atoms with Crippen LogP contribution in [0.3, 0.4) is 0 Å². The molecule has 1 aromatic rings. The van der Waals surface area contributed by atoms with Gasteiger partial charge < -0.3 is 10.6 Å². The van der Waals surface area contributed by atoms with E-state index < -0.39 is 0 Å². The molecule has 0 amide bonds. The van der Waals surface area contributed by atoms with Crippen LogP contribution in [0.5, 0.6) is 0 Å². The van der Waals surface area contributed by atoms with Gasteiger partial charge in [0.1, 0.15) is 5.82 Å². The first-order chi connectivity index (χ1) is 9.15. The third kappa shape index (κ3) is 2.74. The van der Waals surface area contributed by atoms with Gasteiger partial charge >= 0.3 is 0 Å². The summed E-state index contributed by atoms with van der Waals surface area (Å²) in [5, 5.41) is 0. The highest BCUT2D eigenvalue weighted by Gasteiger charge is 2.31. The van der Waals surface area contributed by atoms with E-state index in [-0.39, 0.29) is 11.9 Å². The van der Waals surface area contributed by atoms with Crippen molar-refractivity contribution >= 4 is 5.69 Å². The van der Waals surface area contributed by atoms with Crippen molar-refractivity contribution in [2.45, 2.75) is 31.8 Å². The predicted molar refractivity (Wildman–Crippen MR) is 75.8 cm³/mol. The Morgan fingerprint density at radius 3 is 2.47 bits per heavy atom. The van der Waals surface area contributed by atoms with Crippen molar-refractivity contribution < 1.29 is 4.39 Å². The number of hydrogen-bond donors (Lipinski definition) is 1. The fourth-order valence-corrected chi connectivity index (χ4v) is 2.95. The molecule has 2 fully saturated rings. The molecule has 1 saturated carbocycles. The SMILES string of the molecule is C[C@@H](N)c1cc(F)ccc1N1CCN(C2CC2)CC1. The van der Waals surface area contributed by atoms with Gasteiger partial charge in [-0.05, 0) is 43.5 Å². The second-order valence-corrected chi connectivity index (χ2v) is 5.75. The highest BCUT2D eigenvalue weighted by molar-refractivity contribution is 5.55. The van der Waals surface area contributed by atoms with Gasteiger partial charge in [-0.15, -0.1) is 0 Å². The molecule has 1 saturated heterocycles. The van der Waals surface area contributed by atoms with Gasteiger partial charge in [-0.2, -0.15) is 0 Å². The number of nitrogens with zero attached hydrogens (tertiary/aromatic N) is 2. The molecule has 0 bridgehead atoms. The molecular formula is C15H22FN3. The summed E-state index contributed by atoms with van der Waals surface area (Å²) in [5.74, 6) is -0.201. The van der Waals surface area contributed by atoms with E-state index >= 15 is 0 Å². The summed E-state index contributed by atoms with van der Waals surface area (Å²) in [6.45, 7) is 6.17. The number of rotatable bonds is 3. The average Bonchev–Trinajstić information content (AvgIpc) is 3.23. The van der Waals surface area contributed by atoms with Crippen LogP contribution in [-0.4, -0.2) is 37.1 Å². The highest BCUT2D eigenvalue weighted by Crippen LogP contribution is 2.31. The third-order valence-corrected chi connectivity index (χ3v) is 4.20. The van der Waals surface area contributed by atoms with Crippen molar-refractivity contribution in [3.63, 3.8) is 0 Å². The Morgan fingerprint density at radius 2 is 1.89 bits per heavy atom. The molecule has 19 heavy (non-hydrogen) atoms. The number of benzene rings is 1. The molecule has 1 atom stereocenters. The van der Waals surface area contributed by atoms with Crippen LogP contribution in [0, 0.1) is 5.82 Å². The molecule has 4 heteroatoms. The average molecular weight is 263 g/mol. The van der Waals surface area contributed by atoms with Crippen molar-refractivity contribution in [2.24, 2.45) is 5.73 Å². The van der Waals surface area contributed by atoms with Gasteiger partial charge in [0.2, 0.25) is 0 Å². The van der Waals surface area contributed by atoms with Crippen molar-refractivity contribution in [3.05, 3.63) is 29.6 Å². The number of piperazine rings is 1. The molecule has 1 aliphatic heterocycles. The van der Waals surface area contributed by atoms with Crippen molar-refractivity contribution in [3.8, 4) is 0 Å². The molecule has 1 heterocycles. The van der Waals surface area contributed by atoms with Crippen LogP contribution in [0.25, 0.3) is 0 Å². The number of nitrogens with two attached hydrogens (primary N) is 1. The smallest absolute Gasteiger partial charge is 0.123 e. The second kappa shape index (κ2) is 5.10. The zero-order valence-electron chi connectivity index (χ0n) is 11.5. The highest BCUT2D eigenvalue weighted by atomic mass is 19.1. The van der Waals surface area contributed by atoms with Crippen LogP contribution < -0.4 is 10.6 Å². The molecule has 0 unspecified atom stereocenters. The Labute approximate surface area is 114 Å². The van der Waals surface area contributed by atoms with Gasteiger partial charge in [-0.3, -0.25) is 4.90 Å². The molecule has 0 aromatic heterocycles. The number of anilines is 1.